The summed E-state index contributed by atoms with van der Waals surface area (Å²) in [7, 11) is 1.88. The lowest BCUT2D eigenvalue weighted by molar-refractivity contribution is -0.149. The molecule has 1 aromatic rings. The van der Waals surface area contributed by atoms with Crippen LogP contribution in [-0.2, 0) is 10.3 Å². The van der Waals surface area contributed by atoms with Crippen LogP contribution in [0.2, 0.25) is 0 Å². The van der Waals surface area contributed by atoms with Crippen molar-refractivity contribution in [1.82, 2.24) is 4.90 Å². The fourth-order valence-electron chi connectivity index (χ4n) is 2.43. The third-order valence-electron chi connectivity index (χ3n) is 3.29. The maximum Gasteiger partial charge on any atom is 0.328 e. The molecule has 2 rings (SSSR count). The summed E-state index contributed by atoms with van der Waals surface area (Å²) < 4.78 is 0. The number of likely N-dealkylation sites (tertiary alicyclic amines) is 1. The molecule has 1 aliphatic rings. The van der Waals surface area contributed by atoms with Gasteiger partial charge < -0.3 is 5.11 Å². The van der Waals surface area contributed by atoms with Gasteiger partial charge in [-0.3, -0.25) is 4.90 Å². The van der Waals surface area contributed by atoms with Crippen LogP contribution >= 0.6 is 0 Å². The predicted molar refractivity (Wildman–Crippen MR) is 57.6 cm³/mol. The van der Waals surface area contributed by atoms with E-state index in [1.54, 1.807) is 0 Å². The SMILES string of the molecule is CN1CCCC1(C(=O)O)c1ccccc1. The van der Waals surface area contributed by atoms with Gasteiger partial charge in [0.05, 0.1) is 0 Å². The molecule has 80 valence electrons. The molecular weight excluding hydrogens is 190 g/mol. The number of nitrogens with zero attached hydrogens (tertiary/aromatic N) is 1. The minimum absolute atomic E-state index is 0.697. The zero-order valence-electron chi connectivity index (χ0n) is 8.81. The normalized spacial score (nSPS) is 26.7. The first-order valence-electron chi connectivity index (χ1n) is 5.18. The van der Waals surface area contributed by atoms with E-state index in [0.717, 1.165) is 18.5 Å². The van der Waals surface area contributed by atoms with E-state index in [1.807, 2.05) is 42.3 Å². The molecule has 1 atom stereocenters. The molecule has 0 aromatic heterocycles. The highest BCUT2D eigenvalue weighted by atomic mass is 16.4. The van der Waals surface area contributed by atoms with Gasteiger partial charge in [0.25, 0.3) is 0 Å². The lowest BCUT2D eigenvalue weighted by atomic mass is 9.87. The topological polar surface area (TPSA) is 40.5 Å². The summed E-state index contributed by atoms with van der Waals surface area (Å²) in [5, 5.41) is 9.45. The van der Waals surface area contributed by atoms with Crippen molar-refractivity contribution < 1.29 is 9.90 Å². The molecule has 0 aliphatic carbocycles. The lowest BCUT2D eigenvalue weighted by Crippen LogP contribution is -2.45. The quantitative estimate of drug-likeness (QED) is 0.798. The van der Waals surface area contributed by atoms with Crippen molar-refractivity contribution in [3.8, 4) is 0 Å². The molecule has 15 heavy (non-hydrogen) atoms. The van der Waals surface area contributed by atoms with Crippen LogP contribution in [-0.4, -0.2) is 29.6 Å². The Kier molecular flexibility index (Phi) is 2.49. The van der Waals surface area contributed by atoms with Crippen molar-refractivity contribution in [2.75, 3.05) is 13.6 Å². The average molecular weight is 205 g/mol. The molecular formula is C12H15NO2. The molecule has 0 bridgehead atoms. The predicted octanol–water partition coefficient (Wildman–Crippen LogP) is 1.69. The first kappa shape index (κ1) is 10.2. The summed E-state index contributed by atoms with van der Waals surface area (Å²) >= 11 is 0. The number of rotatable bonds is 2. The molecule has 0 spiro atoms. The van der Waals surface area contributed by atoms with Gasteiger partial charge in [0.1, 0.15) is 5.54 Å². The van der Waals surface area contributed by atoms with E-state index in [9.17, 15) is 9.90 Å². The number of carboxylic acid groups (broad SMARTS) is 1. The van der Waals surface area contributed by atoms with E-state index >= 15 is 0 Å². The summed E-state index contributed by atoms with van der Waals surface area (Å²) in [4.78, 5) is 13.4. The van der Waals surface area contributed by atoms with Gasteiger partial charge >= 0.3 is 5.97 Å². The molecule has 3 heteroatoms. The largest absolute Gasteiger partial charge is 0.480 e. The highest BCUT2D eigenvalue weighted by Crippen LogP contribution is 2.37. The van der Waals surface area contributed by atoms with E-state index in [2.05, 4.69) is 0 Å². The Morgan fingerprint density at radius 2 is 2.07 bits per heavy atom. The van der Waals surface area contributed by atoms with E-state index < -0.39 is 11.5 Å². The first-order chi connectivity index (χ1) is 7.18. The van der Waals surface area contributed by atoms with Crippen molar-refractivity contribution in [2.24, 2.45) is 0 Å². The molecule has 1 fully saturated rings. The fraction of sp³-hybridized carbons (Fsp3) is 0.417. The van der Waals surface area contributed by atoms with E-state index in [0.29, 0.717) is 6.42 Å². The smallest absolute Gasteiger partial charge is 0.328 e. The Morgan fingerprint density at radius 1 is 1.40 bits per heavy atom. The number of carbonyl (C=O) groups is 1. The van der Waals surface area contributed by atoms with Gasteiger partial charge in [-0.2, -0.15) is 0 Å². The van der Waals surface area contributed by atoms with Gasteiger partial charge in [-0.15, -0.1) is 0 Å². The Morgan fingerprint density at radius 3 is 2.53 bits per heavy atom. The third-order valence-corrected chi connectivity index (χ3v) is 3.29. The second-order valence-electron chi connectivity index (χ2n) is 4.06. The zero-order valence-corrected chi connectivity index (χ0v) is 8.81. The van der Waals surface area contributed by atoms with Gasteiger partial charge in [-0.1, -0.05) is 30.3 Å². The Balaban J connectivity index is 2.49. The summed E-state index contributed by atoms with van der Waals surface area (Å²) in [6.07, 6.45) is 1.64. The summed E-state index contributed by atoms with van der Waals surface area (Å²) in [6.45, 7) is 0.848. The Labute approximate surface area is 89.3 Å². The Bertz CT molecular complexity index is 363. The number of hydrogen-bond acceptors (Lipinski definition) is 2. The average Bonchev–Trinajstić information content (AvgIpc) is 2.62. The maximum absolute atomic E-state index is 11.5. The second kappa shape index (κ2) is 3.66. The molecule has 3 nitrogen and oxygen atoms in total. The maximum atomic E-state index is 11.5. The third kappa shape index (κ3) is 1.43. The van der Waals surface area contributed by atoms with Crippen molar-refractivity contribution in [2.45, 2.75) is 18.4 Å². The van der Waals surface area contributed by atoms with Crippen LogP contribution in [0.4, 0.5) is 0 Å². The molecule has 0 amide bonds. The molecule has 0 radical (unpaired) electrons. The van der Waals surface area contributed by atoms with Gasteiger partial charge in [0.2, 0.25) is 0 Å². The van der Waals surface area contributed by atoms with E-state index in [4.69, 9.17) is 0 Å². The highest BCUT2D eigenvalue weighted by molar-refractivity contribution is 5.81. The Hall–Kier alpha value is -1.35. The summed E-state index contributed by atoms with van der Waals surface area (Å²) in [6, 6.07) is 9.50. The number of hydrogen-bond donors (Lipinski definition) is 1. The highest BCUT2D eigenvalue weighted by Gasteiger charge is 2.47. The number of benzene rings is 1. The summed E-state index contributed by atoms with van der Waals surface area (Å²) in [5.74, 6) is -0.742. The van der Waals surface area contributed by atoms with Crippen LogP contribution in [0.25, 0.3) is 0 Å². The van der Waals surface area contributed by atoms with E-state index in [-0.39, 0.29) is 0 Å². The molecule has 1 saturated heterocycles. The molecule has 1 N–H and O–H groups in total. The van der Waals surface area contributed by atoms with Gasteiger partial charge in [-0.05, 0) is 32.0 Å². The first-order valence-corrected chi connectivity index (χ1v) is 5.18. The van der Waals surface area contributed by atoms with Crippen molar-refractivity contribution in [1.29, 1.82) is 0 Å². The monoisotopic (exact) mass is 205 g/mol. The van der Waals surface area contributed by atoms with Crippen LogP contribution < -0.4 is 0 Å². The van der Waals surface area contributed by atoms with Crippen LogP contribution in [0.1, 0.15) is 18.4 Å². The summed E-state index contributed by atoms with van der Waals surface area (Å²) in [5.41, 5.74) is 0.0823. The minimum atomic E-state index is -0.804. The van der Waals surface area contributed by atoms with Crippen molar-refractivity contribution >= 4 is 5.97 Å². The van der Waals surface area contributed by atoms with Crippen LogP contribution in [0.3, 0.4) is 0 Å². The lowest BCUT2D eigenvalue weighted by Gasteiger charge is -2.32. The van der Waals surface area contributed by atoms with Crippen molar-refractivity contribution in [3.05, 3.63) is 35.9 Å². The van der Waals surface area contributed by atoms with Gasteiger partial charge in [-0.25, -0.2) is 4.79 Å². The molecule has 1 unspecified atom stereocenters. The number of aliphatic carboxylic acids is 1. The standard InChI is InChI=1S/C12H15NO2/c1-13-9-5-8-12(13,11(14)15)10-6-3-2-4-7-10/h2-4,6-7H,5,8-9H2,1H3,(H,14,15). The second-order valence-corrected chi connectivity index (χ2v) is 4.06. The number of carboxylic acids is 1. The minimum Gasteiger partial charge on any atom is -0.480 e. The molecule has 1 heterocycles. The zero-order chi connectivity index (χ0) is 10.9. The number of likely N-dealkylation sites (N-methyl/N-ethyl adjacent to an activating group) is 1. The van der Waals surface area contributed by atoms with Gasteiger partial charge in [0, 0.05) is 0 Å². The molecule has 1 aliphatic heterocycles. The van der Waals surface area contributed by atoms with E-state index in [1.165, 1.54) is 0 Å². The van der Waals surface area contributed by atoms with Gasteiger partial charge in [0.15, 0.2) is 0 Å². The van der Waals surface area contributed by atoms with Crippen LogP contribution in [0, 0.1) is 0 Å². The van der Waals surface area contributed by atoms with Crippen molar-refractivity contribution in [3.63, 3.8) is 0 Å². The molecule has 1 aromatic carbocycles. The fourth-order valence-corrected chi connectivity index (χ4v) is 2.43. The van der Waals surface area contributed by atoms with Crippen LogP contribution in [0.5, 0.6) is 0 Å². The molecule has 0 saturated carbocycles. The van der Waals surface area contributed by atoms with Crippen LogP contribution in [0.15, 0.2) is 30.3 Å².